The van der Waals surface area contributed by atoms with E-state index in [0.29, 0.717) is 10.7 Å². The quantitative estimate of drug-likeness (QED) is 0.688. The molecule has 0 bridgehead atoms. The zero-order valence-electron chi connectivity index (χ0n) is 10.5. The van der Waals surface area contributed by atoms with Gasteiger partial charge in [0.15, 0.2) is 0 Å². The van der Waals surface area contributed by atoms with E-state index < -0.39 is 0 Å². The van der Waals surface area contributed by atoms with Crippen molar-refractivity contribution in [3.63, 3.8) is 0 Å². The average Bonchev–Trinajstić information content (AvgIpc) is 2.97. The maximum atomic E-state index is 5.82. The van der Waals surface area contributed by atoms with Gasteiger partial charge in [-0.3, -0.25) is 4.99 Å². The van der Waals surface area contributed by atoms with E-state index in [1.165, 1.54) is 0 Å². The van der Waals surface area contributed by atoms with Gasteiger partial charge in [-0.1, -0.05) is 35.0 Å². The molecule has 0 spiro atoms. The molecule has 0 unspecified atom stereocenters. The van der Waals surface area contributed by atoms with Gasteiger partial charge < -0.3 is 0 Å². The summed E-state index contributed by atoms with van der Waals surface area (Å²) in [7, 11) is 0. The molecule has 20 heavy (non-hydrogen) atoms. The molecular weight excluding hydrogens is 272 g/mol. The minimum absolute atomic E-state index is 0.693. The van der Waals surface area contributed by atoms with Gasteiger partial charge in [-0.15, -0.1) is 5.10 Å². The van der Waals surface area contributed by atoms with Gasteiger partial charge in [0.2, 0.25) is 0 Å². The number of nitrogens with zero attached hydrogens (tertiary/aromatic N) is 4. The molecule has 2 aromatic carbocycles. The molecule has 0 amide bonds. The number of hydrogen-bond acceptors (Lipinski definition) is 3. The Morgan fingerprint density at radius 2 is 1.75 bits per heavy atom. The Balaban J connectivity index is 1.79. The minimum Gasteiger partial charge on any atom is -0.255 e. The molecule has 3 rings (SSSR count). The Morgan fingerprint density at radius 1 is 1.00 bits per heavy atom. The van der Waals surface area contributed by atoms with Crippen molar-refractivity contribution in [3.05, 3.63) is 71.5 Å². The molecular formula is C15H11ClN4. The summed E-state index contributed by atoms with van der Waals surface area (Å²) in [6.07, 6.45) is 3.50. The molecule has 3 aromatic rings. The zero-order chi connectivity index (χ0) is 13.8. The lowest BCUT2D eigenvalue weighted by molar-refractivity contribution is 0.803. The smallest absolute Gasteiger partial charge is 0.124 e. The van der Waals surface area contributed by atoms with Crippen LogP contribution in [0.5, 0.6) is 0 Å². The first-order valence-corrected chi connectivity index (χ1v) is 6.46. The first-order valence-electron chi connectivity index (χ1n) is 6.09. The third kappa shape index (κ3) is 2.92. The van der Waals surface area contributed by atoms with Crippen LogP contribution < -0.4 is 0 Å². The van der Waals surface area contributed by atoms with Gasteiger partial charge >= 0.3 is 0 Å². The van der Waals surface area contributed by atoms with E-state index in [0.717, 1.165) is 11.4 Å². The molecule has 0 aliphatic rings. The van der Waals surface area contributed by atoms with Crippen LogP contribution in [0.15, 0.2) is 65.8 Å². The normalized spacial score (nSPS) is 11.1. The largest absolute Gasteiger partial charge is 0.255 e. The standard InChI is InChI=1S/C15H11ClN4/c16-12-6-8-13(9-7-12)17-10-14-11-20(19-18-14)15-4-2-1-3-5-15/h1-11H. The number of aliphatic imine (C=N–C) groups is 1. The Labute approximate surface area is 121 Å². The van der Waals surface area contributed by atoms with E-state index >= 15 is 0 Å². The summed E-state index contributed by atoms with van der Waals surface area (Å²) in [5.41, 5.74) is 2.48. The van der Waals surface area contributed by atoms with Crippen molar-refractivity contribution in [1.29, 1.82) is 0 Å². The molecule has 0 radical (unpaired) electrons. The summed E-state index contributed by atoms with van der Waals surface area (Å²) >= 11 is 5.82. The van der Waals surface area contributed by atoms with E-state index in [4.69, 9.17) is 11.6 Å². The van der Waals surface area contributed by atoms with Crippen molar-refractivity contribution >= 4 is 23.5 Å². The topological polar surface area (TPSA) is 43.1 Å². The fourth-order valence-corrected chi connectivity index (χ4v) is 1.84. The van der Waals surface area contributed by atoms with Crippen molar-refractivity contribution in [2.75, 3.05) is 0 Å². The molecule has 1 heterocycles. The molecule has 4 nitrogen and oxygen atoms in total. The van der Waals surface area contributed by atoms with Crippen LogP contribution in [0.2, 0.25) is 5.02 Å². The lowest BCUT2D eigenvalue weighted by Gasteiger charge is -1.96. The number of aromatic nitrogens is 3. The fraction of sp³-hybridized carbons (Fsp3) is 0. The number of hydrogen-bond donors (Lipinski definition) is 0. The summed E-state index contributed by atoms with van der Waals surface area (Å²) in [6, 6.07) is 17.1. The molecule has 0 saturated heterocycles. The molecule has 0 aliphatic heterocycles. The van der Waals surface area contributed by atoms with E-state index in [1.807, 2.05) is 48.7 Å². The molecule has 0 atom stereocenters. The molecule has 0 saturated carbocycles. The molecule has 0 N–H and O–H groups in total. The second-order valence-corrected chi connectivity index (χ2v) is 4.59. The van der Waals surface area contributed by atoms with E-state index in [2.05, 4.69) is 15.3 Å². The van der Waals surface area contributed by atoms with E-state index in [-0.39, 0.29) is 0 Å². The van der Waals surface area contributed by atoms with Crippen molar-refractivity contribution < 1.29 is 0 Å². The van der Waals surface area contributed by atoms with Crippen molar-refractivity contribution in [3.8, 4) is 5.69 Å². The number of halogens is 1. The van der Waals surface area contributed by atoms with Crippen LogP contribution in [0.25, 0.3) is 5.69 Å². The van der Waals surface area contributed by atoms with Gasteiger partial charge in [0.25, 0.3) is 0 Å². The van der Waals surface area contributed by atoms with Crippen LogP contribution in [-0.2, 0) is 0 Å². The van der Waals surface area contributed by atoms with Gasteiger partial charge in [0, 0.05) is 5.02 Å². The number of para-hydroxylation sites is 1. The van der Waals surface area contributed by atoms with Crippen LogP contribution in [-0.4, -0.2) is 21.2 Å². The van der Waals surface area contributed by atoms with E-state index in [1.54, 1.807) is 23.0 Å². The molecule has 0 aliphatic carbocycles. The Kier molecular flexibility index (Phi) is 3.56. The number of benzene rings is 2. The van der Waals surface area contributed by atoms with Crippen molar-refractivity contribution in [2.45, 2.75) is 0 Å². The minimum atomic E-state index is 0.693. The fourth-order valence-electron chi connectivity index (χ4n) is 1.71. The molecule has 0 fully saturated rings. The molecule has 5 heteroatoms. The van der Waals surface area contributed by atoms with Crippen molar-refractivity contribution in [2.24, 2.45) is 4.99 Å². The SMILES string of the molecule is Clc1ccc(N=Cc2cn(-c3ccccc3)nn2)cc1. The summed E-state index contributed by atoms with van der Waals surface area (Å²) in [5, 5.41) is 8.82. The molecule has 1 aromatic heterocycles. The predicted molar refractivity (Wildman–Crippen MR) is 80.1 cm³/mol. The maximum absolute atomic E-state index is 5.82. The highest BCUT2D eigenvalue weighted by atomic mass is 35.5. The Hall–Kier alpha value is -2.46. The van der Waals surface area contributed by atoms with Crippen LogP contribution in [0.1, 0.15) is 5.69 Å². The summed E-state index contributed by atoms with van der Waals surface area (Å²) in [4.78, 5) is 4.33. The van der Waals surface area contributed by atoms with Gasteiger partial charge in [0.05, 0.1) is 23.8 Å². The Morgan fingerprint density at radius 3 is 2.50 bits per heavy atom. The van der Waals surface area contributed by atoms with Crippen LogP contribution in [0.3, 0.4) is 0 Å². The third-order valence-electron chi connectivity index (χ3n) is 2.70. The van der Waals surface area contributed by atoms with Gasteiger partial charge in [0.1, 0.15) is 5.69 Å². The highest BCUT2D eigenvalue weighted by molar-refractivity contribution is 6.30. The number of rotatable bonds is 3. The third-order valence-corrected chi connectivity index (χ3v) is 2.96. The molecule has 98 valence electrons. The summed E-state index contributed by atoms with van der Waals surface area (Å²) < 4.78 is 1.71. The maximum Gasteiger partial charge on any atom is 0.124 e. The average molecular weight is 283 g/mol. The lowest BCUT2D eigenvalue weighted by atomic mass is 10.3. The van der Waals surface area contributed by atoms with Crippen LogP contribution in [0, 0.1) is 0 Å². The zero-order valence-corrected chi connectivity index (χ0v) is 11.3. The highest BCUT2D eigenvalue weighted by Crippen LogP contribution is 2.16. The van der Waals surface area contributed by atoms with E-state index in [9.17, 15) is 0 Å². The first-order chi connectivity index (χ1) is 9.81. The van der Waals surface area contributed by atoms with Crippen molar-refractivity contribution in [1.82, 2.24) is 15.0 Å². The second-order valence-electron chi connectivity index (χ2n) is 4.16. The van der Waals surface area contributed by atoms with Crippen LogP contribution >= 0.6 is 11.6 Å². The Bertz CT molecular complexity index is 717. The van der Waals surface area contributed by atoms with Gasteiger partial charge in [-0.05, 0) is 36.4 Å². The predicted octanol–water partition coefficient (Wildman–Crippen LogP) is 3.67. The summed E-state index contributed by atoms with van der Waals surface area (Å²) in [6.45, 7) is 0. The summed E-state index contributed by atoms with van der Waals surface area (Å²) in [5.74, 6) is 0. The second kappa shape index (κ2) is 5.67. The monoisotopic (exact) mass is 282 g/mol. The highest BCUT2D eigenvalue weighted by Gasteiger charge is 1.99. The first kappa shape index (κ1) is 12.6. The van der Waals surface area contributed by atoms with Gasteiger partial charge in [-0.2, -0.15) is 0 Å². The van der Waals surface area contributed by atoms with Gasteiger partial charge in [-0.25, -0.2) is 4.68 Å². The van der Waals surface area contributed by atoms with Crippen LogP contribution in [0.4, 0.5) is 5.69 Å². The lowest BCUT2D eigenvalue weighted by Crippen LogP contribution is -1.93.